The van der Waals surface area contributed by atoms with Gasteiger partial charge in [-0.15, -0.1) is 0 Å². The predicted octanol–water partition coefficient (Wildman–Crippen LogP) is 2.72. The van der Waals surface area contributed by atoms with E-state index in [9.17, 15) is 10.1 Å². The summed E-state index contributed by atoms with van der Waals surface area (Å²) < 4.78 is 0. The molecule has 5 nitrogen and oxygen atoms in total. The van der Waals surface area contributed by atoms with Gasteiger partial charge >= 0.3 is 0 Å². The summed E-state index contributed by atoms with van der Waals surface area (Å²) in [5.41, 5.74) is 2.84. The van der Waals surface area contributed by atoms with Crippen molar-refractivity contribution < 1.29 is 4.92 Å². The molecule has 2 rings (SSSR count). The number of nitrogens with zero attached hydrogens (tertiary/aromatic N) is 2. The van der Waals surface area contributed by atoms with Gasteiger partial charge in [-0.2, -0.15) is 0 Å². The summed E-state index contributed by atoms with van der Waals surface area (Å²) >= 11 is 0. The standard InChI is InChI=1S/C14H21N3O2/c1-9-5-10(2)14(17(18)19)7-13(9)15-12-6-11(3)16(4)8-12/h5,7,11-12,15H,6,8H2,1-4H3. The van der Waals surface area contributed by atoms with Crippen LogP contribution in [0.5, 0.6) is 0 Å². The van der Waals surface area contributed by atoms with E-state index in [1.54, 1.807) is 13.0 Å². The lowest BCUT2D eigenvalue weighted by atomic mass is 10.1. The Morgan fingerprint density at radius 3 is 2.58 bits per heavy atom. The van der Waals surface area contributed by atoms with Crippen LogP contribution in [0.3, 0.4) is 0 Å². The topological polar surface area (TPSA) is 58.4 Å². The van der Waals surface area contributed by atoms with Gasteiger partial charge in [0.2, 0.25) is 0 Å². The van der Waals surface area contributed by atoms with E-state index in [4.69, 9.17) is 0 Å². The second kappa shape index (κ2) is 5.17. The monoisotopic (exact) mass is 263 g/mol. The summed E-state index contributed by atoms with van der Waals surface area (Å²) in [6.07, 6.45) is 1.07. The lowest BCUT2D eigenvalue weighted by molar-refractivity contribution is -0.385. The van der Waals surface area contributed by atoms with E-state index in [2.05, 4.69) is 24.2 Å². The van der Waals surface area contributed by atoms with Crippen molar-refractivity contribution in [1.29, 1.82) is 0 Å². The van der Waals surface area contributed by atoms with Crippen molar-refractivity contribution in [2.24, 2.45) is 0 Å². The van der Waals surface area contributed by atoms with Gasteiger partial charge in [-0.25, -0.2) is 0 Å². The van der Waals surface area contributed by atoms with Crippen LogP contribution in [0.25, 0.3) is 0 Å². The highest BCUT2D eigenvalue weighted by Crippen LogP contribution is 2.28. The van der Waals surface area contributed by atoms with Crippen LogP contribution in [0.2, 0.25) is 0 Å². The van der Waals surface area contributed by atoms with Crippen LogP contribution in [-0.2, 0) is 0 Å². The summed E-state index contributed by atoms with van der Waals surface area (Å²) in [7, 11) is 2.11. The number of nitro groups is 1. The van der Waals surface area contributed by atoms with Crippen LogP contribution >= 0.6 is 0 Å². The minimum atomic E-state index is -0.316. The first kappa shape index (κ1) is 13.8. The van der Waals surface area contributed by atoms with Crippen molar-refractivity contribution in [2.75, 3.05) is 18.9 Å². The maximum Gasteiger partial charge on any atom is 0.274 e. The maximum absolute atomic E-state index is 11.0. The van der Waals surface area contributed by atoms with Crippen molar-refractivity contribution in [3.8, 4) is 0 Å². The van der Waals surface area contributed by atoms with Crippen molar-refractivity contribution in [1.82, 2.24) is 4.90 Å². The molecule has 104 valence electrons. The third kappa shape index (κ3) is 2.87. The molecule has 0 bridgehead atoms. The van der Waals surface area contributed by atoms with Crippen LogP contribution in [0.1, 0.15) is 24.5 Å². The number of nitro benzene ring substituents is 1. The molecule has 0 spiro atoms. The van der Waals surface area contributed by atoms with Gasteiger partial charge in [0.25, 0.3) is 5.69 Å². The first-order valence-corrected chi connectivity index (χ1v) is 6.61. The lowest BCUT2D eigenvalue weighted by Crippen LogP contribution is -2.25. The summed E-state index contributed by atoms with van der Waals surface area (Å²) in [6, 6.07) is 4.45. The van der Waals surface area contributed by atoms with E-state index in [0.29, 0.717) is 17.6 Å². The third-order valence-electron chi connectivity index (χ3n) is 3.99. The molecule has 1 heterocycles. The number of hydrogen-bond acceptors (Lipinski definition) is 4. The highest BCUT2D eigenvalue weighted by Gasteiger charge is 2.26. The van der Waals surface area contributed by atoms with Crippen LogP contribution in [0.4, 0.5) is 11.4 Å². The van der Waals surface area contributed by atoms with Gasteiger partial charge in [0.05, 0.1) is 4.92 Å². The number of likely N-dealkylation sites (N-methyl/N-ethyl adjacent to an activating group) is 1. The minimum Gasteiger partial charge on any atom is -0.381 e. The van der Waals surface area contributed by atoms with Crippen LogP contribution < -0.4 is 5.32 Å². The fraction of sp³-hybridized carbons (Fsp3) is 0.571. The zero-order valence-electron chi connectivity index (χ0n) is 11.9. The highest BCUT2D eigenvalue weighted by molar-refractivity contribution is 5.60. The van der Waals surface area contributed by atoms with Gasteiger partial charge in [0.15, 0.2) is 0 Å². The average Bonchev–Trinajstić information content (AvgIpc) is 2.61. The molecule has 2 atom stereocenters. The van der Waals surface area contributed by atoms with Crippen LogP contribution in [-0.4, -0.2) is 35.5 Å². The maximum atomic E-state index is 11.0. The predicted molar refractivity (Wildman–Crippen MR) is 76.7 cm³/mol. The number of rotatable bonds is 3. The van der Waals surface area contributed by atoms with Gasteiger partial charge in [-0.05, 0) is 45.9 Å². The number of nitrogens with one attached hydrogen (secondary N) is 1. The molecule has 1 aromatic carbocycles. The third-order valence-corrected chi connectivity index (χ3v) is 3.99. The largest absolute Gasteiger partial charge is 0.381 e. The van der Waals surface area contributed by atoms with Crippen LogP contribution in [0, 0.1) is 24.0 Å². The fourth-order valence-electron chi connectivity index (χ4n) is 2.71. The Kier molecular flexibility index (Phi) is 3.75. The zero-order chi connectivity index (χ0) is 14.2. The Balaban J connectivity index is 2.21. The highest BCUT2D eigenvalue weighted by atomic mass is 16.6. The molecule has 0 saturated carbocycles. The molecule has 1 aromatic rings. The van der Waals surface area contributed by atoms with Gasteiger partial charge in [0.1, 0.15) is 0 Å². The summed E-state index contributed by atoms with van der Waals surface area (Å²) in [5.74, 6) is 0. The quantitative estimate of drug-likeness (QED) is 0.673. The minimum absolute atomic E-state index is 0.188. The van der Waals surface area contributed by atoms with Gasteiger partial charge in [0, 0.05) is 35.9 Å². The molecular weight excluding hydrogens is 242 g/mol. The molecule has 0 aromatic heterocycles. The van der Waals surface area contributed by atoms with Crippen molar-refractivity contribution in [3.05, 3.63) is 33.4 Å². The Morgan fingerprint density at radius 1 is 1.37 bits per heavy atom. The normalized spacial score (nSPS) is 23.6. The molecular formula is C14H21N3O2. The van der Waals surface area contributed by atoms with Crippen molar-refractivity contribution in [2.45, 2.75) is 39.3 Å². The molecule has 1 fully saturated rings. The lowest BCUT2D eigenvalue weighted by Gasteiger charge is -2.16. The molecule has 0 aliphatic carbocycles. The molecule has 1 N–H and O–H groups in total. The smallest absolute Gasteiger partial charge is 0.274 e. The Labute approximate surface area is 113 Å². The van der Waals surface area contributed by atoms with E-state index in [1.165, 1.54) is 0 Å². The summed E-state index contributed by atoms with van der Waals surface area (Å²) in [5, 5.41) is 14.4. The first-order chi connectivity index (χ1) is 8.88. The fourth-order valence-corrected chi connectivity index (χ4v) is 2.71. The van der Waals surface area contributed by atoms with Gasteiger partial charge < -0.3 is 10.2 Å². The van der Waals surface area contributed by atoms with Crippen molar-refractivity contribution in [3.63, 3.8) is 0 Å². The number of anilines is 1. The number of likely N-dealkylation sites (tertiary alicyclic amines) is 1. The second-order valence-corrected chi connectivity index (χ2v) is 5.58. The number of benzene rings is 1. The molecule has 1 aliphatic rings. The molecule has 0 radical (unpaired) electrons. The Bertz CT molecular complexity index is 492. The molecule has 2 unspecified atom stereocenters. The van der Waals surface area contributed by atoms with Gasteiger partial charge in [-0.3, -0.25) is 10.1 Å². The number of aryl methyl sites for hydroxylation is 2. The van der Waals surface area contributed by atoms with E-state index in [-0.39, 0.29) is 10.6 Å². The van der Waals surface area contributed by atoms with Gasteiger partial charge in [-0.1, -0.05) is 0 Å². The first-order valence-electron chi connectivity index (χ1n) is 6.61. The van der Waals surface area contributed by atoms with E-state index in [0.717, 1.165) is 24.2 Å². The van der Waals surface area contributed by atoms with E-state index < -0.39 is 0 Å². The van der Waals surface area contributed by atoms with Crippen molar-refractivity contribution >= 4 is 11.4 Å². The average molecular weight is 263 g/mol. The van der Waals surface area contributed by atoms with E-state index in [1.807, 2.05) is 13.0 Å². The molecule has 0 amide bonds. The van der Waals surface area contributed by atoms with E-state index >= 15 is 0 Å². The molecule has 1 saturated heterocycles. The molecule has 1 aliphatic heterocycles. The van der Waals surface area contributed by atoms with Crippen LogP contribution in [0.15, 0.2) is 12.1 Å². The SMILES string of the molecule is Cc1cc(C)c([N+](=O)[O-])cc1NC1CC(C)N(C)C1. The number of hydrogen-bond donors (Lipinski definition) is 1. The Morgan fingerprint density at radius 2 is 2.05 bits per heavy atom. The second-order valence-electron chi connectivity index (χ2n) is 5.58. The zero-order valence-corrected chi connectivity index (χ0v) is 11.9. The molecule has 5 heteroatoms. The molecule has 19 heavy (non-hydrogen) atoms. The Hall–Kier alpha value is -1.62. The summed E-state index contributed by atoms with van der Waals surface area (Å²) in [6.45, 7) is 6.94. The summed E-state index contributed by atoms with van der Waals surface area (Å²) in [4.78, 5) is 13.0.